The van der Waals surface area contributed by atoms with Gasteiger partial charge in [0.2, 0.25) is 0 Å². The van der Waals surface area contributed by atoms with E-state index in [1.165, 1.54) is 16.5 Å². The minimum atomic E-state index is 0.215. The second-order valence-corrected chi connectivity index (χ2v) is 8.17. The normalized spacial score (nSPS) is 18.0. The highest BCUT2D eigenvalue weighted by molar-refractivity contribution is 5.81. The number of benzene rings is 2. The van der Waals surface area contributed by atoms with Gasteiger partial charge in [-0.05, 0) is 42.2 Å². The summed E-state index contributed by atoms with van der Waals surface area (Å²) < 4.78 is 5.39. The van der Waals surface area contributed by atoms with Crippen LogP contribution in [0.15, 0.2) is 54.7 Å². The molecule has 0 unspecified atom stereocenters. The number of ether oxygens (including phenoxy) is 1. The number of piperazine rings is 1. The first-order chi connectivity index (χ1) is 14.7. The Balaban J connectivity index is 1.45. The van der Waals surface area contributed by atoms with E-state index in [9.17, 15) is 5.11 Å². The number of para-hydroxylation sites is 1. The van der Waals surface area contributed by atoms with Crippen LogP contribution in [-0.2, 0) is 13.1 Å². The Morgan fingerprint density at radius 3 is 2.77 bits per heavy atom. The summed E-state index contributed by atoms with van der Waals surface area (Å²) in [7, 11) is 1.71. The molecule has 158 valence electrons. The van der Waals surface area contributed by atoms with Crippen molar-refractivity contribution in [2.45, 2.75) is 32.5 Å². The average Bonchev–Trinajstić information content (AvgIpc) is 2.76. The third-order valence-electron chi connectivity index (χ3n) is 6.11. The highest BCUT2D eigenvalue weighted by atomic mass is 16.5. The molecule has 0 bridgehead atoms. The van der Waals surface area contributed by atoms with Gasteiger partial charge >= 0.3 is 0 Å². The first-order valence-electron chi connectivity index (χ1n) is 10.7. The quantitative estimate of drug-likeness (QED) is 0.651. The van der Waals surface area contributed by atoms with Crippen LogP contribution < -0.4 is 4.74 Å². The fraction of sp³-hybridized carbons (Fsp3) is 0.400. The predicted octanol–water partition coefficient (Wildman–Crippen LogP) is 3.62. The molecule has 0 radical (unpaired) electrons. The van der Waals surface area contributed by atoms with E-state index >= 15 is 0 Å². The Morgan fingerprint density at radius 2 is 1.97 bits per heavy atom. The fourth-order valence-electron chi connectivity index (χ4n) is 4.54. The predicted molar refractivity (Wildman–Crippen MR) is 121 cm³/mol. The molecule has 5 heteroatoms. The minimum absolute atomic E-state index is 0.215. The lowest BCUT2D eigenvalue weighted by atomic mass is 10.0. The van der Waals surface area contributed by atoms with Gasteiger partial charge in [0.1, 0.15) is 5.75 Å². The monoisotopic (exact) mass is 405 g/mol. The Bertz CT molecular complexity index is 986. The van der Waals surface area contributed by atoms with Crippen molar-refractivity contribution in [2.75, 3.05) is 33.4 Å². The summed E-state index contributed by atoms with van der Waals surface area (Å²) in [6.07, 6.45) is 2.66. The van der Waals surface area contributed by atoms with Crippen molar-refractivity contribution in [3.8, 4) is 5.75 Å². The van der Waals surface area contributed by atoms with Gasteiger partial charge in [-0.15, -0.1) is 0 Å². The standard InChI is InChI=1S/C25H31N3O2/c1-19-15-20(8-9-24(19)30-2)16-28-13-12-27(18-23(28)10-14-29)17-22-6-3-5-21-7-4-11-26-25(21)22/h3-9,11,15,23,29H,10,12-14,16-18H2,1-2H3/t23-/m0/s1. The molecule has 1 aromatic heterocycles. The van der Waals surface area contributed by atoms with Gasteiger partial charge in [0.15, 0.2) is 0 Å². The summed E-state index contributed by atoms with van der Waals surface area (Å²) in [5, 5.41) is 10.9. The maximum Gasteiger partial charge on any atom is 0.121 e. The highest BCUT2D eigenvalue weighted by Gasteiger charge is 2.27. The van der Waals surface area contributed by atoms with Crippen LogP contribution in [0.2, 0.25) is 0 Å². The molecule has 1 fully saturated rings. The van der Waals surface area contributed by atoms with E-state index in [0.29, 0.717) is 6.04 Å². The van der Waals surface area contributed by atoms with Crippen molar-refractivity contribution >= 4 is 10.9 Å². The van der Waals surface area contributed by atoms with Crippen molar-refractivity contribution in [1.82, 2.24) is 14.8 Å². The van der Waals surface area contributed by atoms with E-state index in [0.717, 1.165) is 56.0 Å². The molecule has 1 atom stereocenters. The fourth-order valence-corrected chi connectivity index (χ4v) is 4.54. The molecule has 1 aliphatic heterocycles. The largest absolute Gasteiger partial charge is 0.496 e. The van der Waals surface area contributed by atoms with Crippen LogP contribution in [0, 0.1) is 6.92 Å². The van der Waals surface area contributed by atoms with Crippen molar-refractivity contribution in [3.63, 3.8) is 0 Å². The Labute approximate surface area is 178 Å². The number of hydrogen-bond donors (Lipinski definition) is 1. The Hall–Kier alpha value is -2.47. The number of fused-ring (bicyclic) bond motifs is 1. The zero-order valence-electron chi connectivity index (χ0n) is 17.9. The number of pyridine rings is 1. The Morgan fingerprint density at radius 1 is 1.10 bits per heavy atom. The van der Waals surface area contributed by atoms with Gasteiger partial charge in [0.05, 0.1) is 12.6 Å². The van der Waals surface area contributed by atoms with Crippen LogP contribution in [-0.4, -0.2) is 59.3 Å². The molecule has 0 saturated carbocycles. The van der Waals surface area contributed by atoms with Gasteiger partial charge in [-0.25, -0.2) is 0 Å². The molecule has 0 aliphatic carbocycles. The third-order valence-corrected chi connectivity index (χ3v) is 6.11. The summed E-state index contributed by atoms with van der Waals surface area (Å²) in [4.78, 5) is 9.62. The SMILES string of the molecule is COc1ccc(CN2CCN(Cc3cccc4cccnc34)C[C@@H]2CCO)cc1C. The van der Waals surface area contributed by atoms with E-state index in [2.05, 4.69) is 64.2 Å². The van der Waals surface area contributed by atoms with E-state index in [1.54, 1.807) is 7.11 Å². The molecule has 1 saturated heterocycles. The Kier molecular flexibility index (Phi) is 6.62. The van der Waals surface area contributed by atoms with Crippen LogP contribution in [0.3, 0.4) is 0 Å². The van der Waals surface area contributed by atoms with Crippen molar-refractivity contribution < 1.29 is 9.84 Å². The lowest BCUT2D eigenvalue weighted by Crippen LogP contribution is -2.52. The molecule has 2 aromatic carbocycles. The number of aryl methyl sites for hydroxylation is 1. The topological polar surface area (TPSA) is 48.8 Å². The molecule has 0 amide bonds. The summed E-state index contributed by atoms with van der Waals surface area (Å²) in [5.41, 5.74) is 4.82. The van der Waals surface area contributed by atoms with E-state index in [1.807, 2.05) is 12.3 Å². The molecule has 30 heavy (non-hydrogen) atoms. The molecule has 0 spiro atoms. The zero-order chi connectivity index (χ0) is 20.9. The number of nitrogens with zero attached hydrogens (tertiary/aromatic N) is 3. The minimum Gasteiger partial charge on any atom is -0.496 e. The van der Waals surface area contributed by atoms with Gasteiger partial charge < -0.3 is 9.84 Å². The molecule has 3 aromatic rings. The van der Waals surface area contributed by atoms with Gasteiger partial charge in [-0.1, -0.05) is 36.4 Å². The van der Waals surface area contributed by atoms with Crippen LogP contribution in [0.5, 0.6) is 5.75 Å². The first-order valence-corrected chi connectivity index (χ1v) is 10.7. The van der Waals surface area contributed by atoms with Crippen LogP contribution >= 0.6 is 0 Å². The number of methoxy groups -OCH3 is 1. The molecule has 1 aliphatic rings. The molecular weight excluding hydrogens is 374 g/mol. The van der Waals surface area contributed by atoms with Gasteiger partial charge in [0, 0.05) is 57.0 Å². The number of hydrogen-bond acceptors (Lipinski definition) is 5. The van der Waals surface area contributed by atoms with Crippen LogP contribution in [0.25, 0.3) is 10.9 Å². The van der Waals surface area contributed by atoms with Crippen LogP contribution in [0.1, 0.15) is 23.1 Å². The average molecular weight is 406 g/mol. The smallest absolute Gasteiger partial charge is 0.121 e. The van der Waals surface area contributed by atoms with E-state index in [-0.39, 0.29) is 6.61 Å². The summed E-state index contributed by atoms with van der Waals surface area (Å²) in [6, 6.07) is 17.3. The number of aromatic nitrogens is 1. The number of aliphatic hydroxyl groups is 1. The van der Waals surface area contributed by atoms with Crippen molar-refractivity contribution in [1.29, 1.82) is 0 Å². The van der Waals surface area contributed by atoms with Crippen molar-refractivity contribution in [3.05, 3.63) is 71.4 Å². The van der Waals surface area contributed by atoms with Gasteiger partial charge in [-0.3, -0.25) is 14.8 Å². The summed E-state index contributed by atoms with van der Waals surface area (Å²) in [5.74, 6) is 0.930. The maximum absolute atomic E-state index is 9.66. The lowest BCUT2D eigenvalue weighted by molar-refractivity contribution is 0.0501. The van der Waals surface area contributed by atoms with E-state index in [4.69, 9.17) is 4.74 Å². The van der Waals surface area contributed by atoms with Crippen LogP contribution in [0.4, 0.5) is 0 Å². The highest BCUT2D eigenvalue weighted by Crippen LogP contribution is 2.24. The molecule has 5 nitrogen and oxygen atoms in total. The zero-order valence-corrected chi connectivity index (χ0v) is 17.9. The third kappa shape index (κ3) is 4.64. The number of rotatable bonds is 7. The number of aliphatic hydroxyl groups excluding tert-OH is 1. The summed E-state index contributed by atoms with van der Waals surface area (Å²) in [6.45, 7) is 7.06. The van der Waals surface area contributed by atoms with E-state index < -0.39 is 0 Å². The second kappa shape index (κ2) is 9.56. The molecule has 4 rings (SSSR count). The first kappa shape index (κ1) is 20.8. The maximum atomic E-state index is 9.66. The molecular formula is C25H31N3O2. The lowest BCUT2D eigenvalue weighted by Gasteiger charge is -2.41. The molecule has 2 heterocycles. The van der Waals surface area contributed by atoms with Crippen molar-refractivity contribution in [2.24, 2.45) is 0 Å². The second-order valence-electron chi connectivity index (χ2n) is 8.17. The summed E-state index contributed by atoms with van der Waals surface area (Å²) >= 11 is 0. The van der Waals surface area contributed by atoms with Gasteiger partial charge in [0.25, 0.3) is 0 Å². The van der Waals surface area contributed by atoms with Gasteiger partial charge in [-0.2, -0.15) is 0 Å². The molecule has 1 N–H and O–H groups in total.